The Morgan fingerprint density at radius 2 is 1.63 bits per heavy atom. The van der Waals surface area contributed by atoms with Crippen LogP contribution in [-0.2, 0) is 24.1 Å². The topological polar surface area (TPSA) is 90.5 Å². The highest BCUT2D eigenvalue weighted by atomic mass is 19.4. The van der Waals surface area contributed by atoms with Crippen molar-refractivity contribution in [1.29, 1.82) is 0 Å². The molecule has 1 N–H and O–H groups in total. The van der Waals surface area contributed by atoms with Crippen molar-refractivity contribution in [2.45, 2.75) is 38.0 Å². The number of hydrogen-bond acceptors (Lipinski definition) is 7. The van der Waals surface area contributed by atoms with Crippen molar-refractivity contribution >= 4 is 17.4 Å². The normalized spacial score (nSPS) is 17.0. The summed E-state index contributed by atoms with van der Waals surface area (Å²) < 4.78 is 42.3. The lowest BCUT2D eigenvalue weighted by Crippen LogP contribution is -2.45. The fourth-order valence-corrected chi connectivity index (χ4v) is 5.47. The van der Waals surface area contributed by atoms with Crippen LogP contribution in [0, 0.1) is 0 Å². The van der Waals surface area contributed by atoms with Crippen molar-refractivity contribution in [3.05, 3.63) is 83.6 Å². The number of halogens is 3. The van der Waals surface area contributed by atoms with E-state index in [1.54, 1.807) is 30.7 Å². The van der Waals surface area contributed by atoms with Crippen LogP contribution in [0.2, 0.25) is 0 Å². The van der Waals surface area contributed by atoms with E-state index in [0.717, 1.165) is 73.6 Å². The third-order valence-electron chi connectivity index (χ3n) is 8.02. The summed E-state index contributed by atoms with van der Waals surface area (Å²) in [7, 11) is 1.61. The first-order valence-electron chi connectivity index (χ1n) is 14.4. The van der Waals surface area contributed by atoms with Crippen molar-refractivity contribution in [2.24, 2.45) is 0 Å². The van der Waals surface area contributed by atoms with Crippen molar-refractivity contribution in [3.8, 4) is 5.88 Å². The van der Waals surface area contributed by atoms with E-state index in [-0.39, 0.29) is 0 Å². The fourth-order valence-electron chi connectivity index (χ4n) is 5.47. The van der Waals surface area contributed by atoms with Crippen LogP contribution in [0.4, 0.5) is 13.2 Å². The van der Waals surface area contributed by atoms with Crippen LogP contribution < -0.4 is 4.74 Å². The van der Waals surface area contributed by atoms with Gasteiger partial charge >= 0.3 is 6.18 Å². The van der Waals surface area contributed by atoms with Gasteiger partial charge in [0.05, 0.1) is 48.1 Å². The molecule has 0 radical (unpaired) electrons. The minimum atomic E-state index is -4.28. The van der Waals surface area contributed by atoms with E-state index in [0.29, 0.717) is 31.4 Å². The van der Waals surface area contributed by atoms with E-state index in [4.69, 9.17) is 4.74 Å². The van der Waals surface area contributed by atoms with Gasteiger partial charge in [0.25, 0.3) is 0 Å². The van der Waals surface area contributed by atoms with Crippen LogP contribution >= 0.6 is 0 Å². The number of methoxy groups -OCH3 is 1. The number of ether oxygens (including phenoxy) is 1. The van der Waals surface area contributed by atoms with Gasteiger partial charge in [0.15, 0.2) is 0 Å². The third kappa shape index (κ3) is 8.29. The van der Waals surface area contributed by atoms with Crippen LogP contribution in [0.25, 0.3) is 11.0 Å². The molecule has 1 amide bonds. The average molecular weight is 596 g/mol. The minimum absolute atomic E-state index is 0.562. The van der Waals surface area contributed by atoms with E-state index < -0.39 is 11.7 Å². The fraction of sp³-hybridized carbons (Fsp3) is 0.419. The lowest BCUT2D eigenvalue weighted by Gasteiger charge is -2.32. The Bertz CT molecular complexity index is 1450. The van der Waals surface area contributed by atoms with E-state index in [1.807, 2.05) is 0 Å². The maximum atomic E-state index is 12.4. The smallest absolute Gasteiger partial charge is 0.416 e. The van der Waals surface area contributed by atoms with Crippen LogP contribution in [0.3, 0.4) is 0 Å². The maximum absolute atomic E-state index is 12.4. The number of rotatable bonds is 7. The number of nitrogens with zero attached hydrogens (tertiary/aromatic N) is 6. The summed E-state index contributed by atoms with van der Waals surface area (Å²) >= 11 is 0. The van der Waals surface area contributed by atoms with Crippen molar-refractivity contribution in [2.75, 3.05) is 46.4 Å². The molecule has 2 fully saturated rings. The molecule has 0 saturated carbocycles. The molecule has 228 valence electrons. The zero-order valence-electron chi connectivity index (χ0n) is 24.1. The lowest BCUT2D eigenvalue weighted by atomic mass is 9.89. The number of hydrogen-bond donors (Lipinski definition) is 1. The Balaban J connectivity index is 0.000000177. The van der Waals surface area contributed by atoms with Crippen LogP contribution in [-0.4, -0.2) is 87.4 Å². The Kier molecular flexibility index (Phi) is 9.88. The van der Waals surface area contributed by atoms with Gasteiger partial charge in [-0.2, -0.15) is 13.2 Å². The number of amides is 1. The summed E-state index contributed by atoms with van der Waals surface area (Å²) in [4.78, 5) is 33.0. The number of aromatic nitrogens is 4. The zero-order chi connectivity index (χ0) is 30.2. The number of H-pyrrole nitrogens is 1. The number of piperidine rings is 1. The van der Waals surface area contributed by atoms with E-state index in [2.05, 4.69) is 47.9 Å². The number of fused-ring (bicyclic) bond motifs is 1. The van der Waals surface area contributed by atoms with Gasteiger partial charge in [-0.1, -0.05) is 18.2 Å². The first kappa shape index (κ1) is 30.4. The quantitative estimate of drug-likeness (QED) is 0.309. The van der Waals surface area contributed by atoms with Gasteiger partial charge in [-0.15, -0.1) is 0 Å². The molecule has 6 rings (SSSR count). The standard InChI is InChI=1S/C18H21N5O.C13H15F3N2O/c1-24-18-10-19-15(9-20-18)11-23-6-4-13(5-7-23)14-2-3-16-17(8-14)22-12-21-16;14-13(15,16)12-3-1-11(2-4-12)9-17-5-7-18(10-19)8-6-17/h2-3,8-10,12-13H,4-7,11H2,1H3,(H,21,22);1-4,10H,5-9H2. The van der Waals surface area contributed by atoms with E-state index >= 15 is 0 Å². The number of likely N-dealkylation sites (tertiary alicyclic amines) is 1. The van der Waals surface area contributed by atoms with E-state index in [1.165, 1.54) is 30.5 Å². The SMILES string of the molecule is COc1cnc(CN2CCC(c3ccc4nc[nH]c4c3)CC2)cn1.O=CN1CCN(Cc2ccc(C(F)(F)F)cc2)CC1. The molecule has 4 heterocycles. The summed E-state index contributed by atoms with van der Waals surface area (Å²) in [5.74, 6) is 1.18. The monoisotopic (exact) mass is 595 g/mol. The highest BCUT2D eigenvalue weighted by Crippen LogP contribution is 2.30. The van der Waals surface area contributed by atoms with Gasteiger partial charge in [-0.25, -0.2) is 9.97 Å². The molecular formula is C31H36F3N7O2. The summed E-state index contributed by atoms with van der Waals surface area (Å²) in [6.07, 6.45) is 4.13. The minimum Gasteiger partial charge on any atom is -0.480 e. The molecule has 43 heavy (non-hydrogen) atoms. The Labute approximate surface area is 248 Å². The maximum Gasteiger partial charge on any atom is 0.416 e. The lowest BCUT2D eigenvalue weighted by molar-refractivity contribution is -0.137. The third-order valence-corrected chi connectivity index (χ3v) is 8.02. The second-order valence-electron chi connectivity index (χ2n) is 10.9. The first-order valence-corrected chi connectivity index (χ1v) is 14.4. The van der Waals surface area contributed by atoms with Crippen molar-refractivity contribution in [1.82, 2.24) is 34.6 Å². The first-order chi connectivity index (χ1) is 20.8. The van der Waals surface area contributed by atoms with Crippen molar-refractivity contribution < 1.29 is 22.7 Å². The number of imidazole rings is 1. The number of carbonyl (C=O) groups excluding carboxylic acids is 1. The predicted molar refractivity (Wildman–Crippen MR) is 156 cm³/mol. The number of benzene rings is 2. The molecule has 0 aliphatic carbocycles. The summed E-state index contributed by atoms with van der Waals surface area (Å²) in [6, 6.07) is 11.8. The summed E-state index contributed by atoms with van der Waals surface area (Å²) in [5.41, 5.74) is 4.80. The van der Waals surface area contributed by atoms with E-state index in [9.17, 15) is 18.0 Å². The number of alkyl halides is 3. The molecule has 0 bridgehead atoms. The zero-order valence-corrected chi connectivity index (χ0v) is 24.1. The highest BCUT2D eigenvalue weighted by Gasteiger charge is 2.30. The molecule has 2 saturated heterocycles. The summed E-state index contributed by atoms with van der Waals surface area (Å²) in [6.45, 7) is 6.47. The van der Waals surface area contributed by atoms with Crippen molar-refractivity contribution in [3.63, 3.8) is 0 Å². The molecule has 4 aromatic rings. The Morgan fingerprint density at radius 3 is 2.26 bits per heavy atom. The molecule has 9 nitrogen and oxygen atoms in total. The van der Waals surface area contributed by atoms with Crippen LogP contribution in [0.15, 0.2) is 61.2 Å². The number of aromatic amines is 1. The average Bonchev–Trinajstić information content (AvgIpc) is 3.51. The van der Waals surface area contributed by atoms with Crippen LogP contribution in [0.1, 0.15) is 41.1 Å². The van der Waals surface area contributed by atoms with Gasteiger partial charge < -0.3 is 14.6 Å². The molecule has 0 spiro atoms. The summed E-state index contributed by atoms with van der Waals surface area (Å²) in [5, 5.41) is 0. The van der Waals surface area contributed by atoms with Gasteiger partial charge in [0.2, 0.25) is 12.3 Å². The second-order valence-corrected chi connectivity index (χ2v) is 10.9. The Morgan fingerprint density at radius 1 is 0.907 bits per heavy atom. The Hall–Kier alpha value is -4.03. The molecule has 2 aliphatic rings. The molecule has 2 aromatic heterocycles. The predicted octanol–water partition coefficient (Wildman–Crippen LogP) is 4.72. The van der Waals surface area contributed by atoms with Crippen LogP contribution in [0.5, 0.6) is 5.88 Å². The molecular weight excluding hydrogens is 559 g/mol. The number of nitrogens with one attached hydrogen (secondary N) is 1. The van der Waals surface area contributed by atoms with Gasteiger partial charge in [-0.05, 0) is 67.2 Å². The second kappa shape index (κ2) is 14.0. The molecule has 2 aliphatic heterocycles. The molecule has 12 heteroatoms. The number of carbonyl (C=O) groups is 1. The molecule has 2 aromatic carbocycles. The largest absolute Gasteiger partial charge is 0.480 e. The van der Waals surface area contributed by atoms with Gasteiger partial charge in [0, 0.05) is 39.3 Å². The highest BCUT2D eigenvalue weighted by molar-refractivity contribution is 5.75. The number of piperazine rings is 1. The van der Waals surface area contributed by atoms with Gasteiger partial charge in [0.1, 0.15) is 0 Å². The molecule has 0 atom stereocenters. The molecule has 0 unspecified atom stereocenters. The van der Waals surface area contributed by atoms with Gasteiger partial charge in [-0.3, -0.25) is 19.6 Å².